The summed E-state index contributed by atoms with van der Waals surface area (Å²) in [4.78, 5) is 0. The Kier molecular flexibility index (Phi) is 9.20. The van der Waals surface area contributed by atoms with E-state index in [2.05, 4.69) is 5.32 Å². The largest absolute Gasteiger partial charge is 0.385 e. The number of nitrogens with one attached hydrogen (secondary N) is 1. The summed E-state index contributed by atoms with van der Waals surface area (Å²) in [7, 11) is 3.62. The van der Waals surface area contributed by atoms with Crippen LogP contribution in [0.5, 0.6) is 0 Å². The van der Waals surface area contributed by atoms with Crippen molar-refractivity contribution in [3.8, 4) is 0 Å². The minimum atomic E-state index is -0.116. The number of methoxy groups -OCH3 is 1. The molecule has 0 bridgehead atoms. The first-order chi connectivity index (χ1) is 9.77. The number of benzene rings is 1. The number of halogens is 1. The molecule has 0 heterocycles. The average molecular weight is 283 g/mol. The van der Waals surface area contributed by atoms with Crippen molar-refractivity contribution < 1.29 is 13.9 Å². The van der Waals surface area contributed by atoms with Gasteiger partial charge in [-0.3, -0.25) is 0 Å². The van der Waals surface area contributed by atoms with E-state index >= 15 is 0 Å². The first-order valence-electron chi connectivity index (χ1n) is 7.22. The van der Waals surface area contributed by atoms with Crippen molar-refractivity contribution in [2.75, 3.05) is 40.5 Å². The van der Waals surface area contributed by atoms with Crippen molar-refractivity contribution in [3.05, 3.63) is 35.6 Å². The molecule has 1 N–H and O–H groups in total. The van der Waals surface area contributed by atoms with Crippen molar-refractivity contribution in [3.63, 3.8) is 0 Å². The first-order valence-corrected chi connectivity index (χ1v) is 7.22. The van der Waals surface area contributed by atoms with Gasteiger partial charge in [-0.1, -0.05) is 18.2 Å². The van der Waals surface area contributed by atoms with Crippen molar-refractivity contribution >= 4 is 0 Å². The van der Waals surface area contributed by atoms with Crippen LogP contribution in [0, 0.1) is 11.7 Å². The Labute approximate surface area is 121 Å². The van der Waals surface area contributed by atoms with Crippen LogP contribution in [-0.4, -0.2) is 40.5 Å². The van der Waals surface area contributed by atoms with Crippen molar-refractivity contribution in [2.45, 2.75) is 19.3 Å². The van der Waals surface area contributed by atoms with Crippen LogP contribution in [0.2, 0.25) is 0 Å². The summed E-state index contributed by atoms with van der Waals surface area (Å²) >= 11 is 0. The lowest BCUT2D eigenvalue weighted by atomic mass is 9.96. The normalized spacial score (nSPS) is 12.6. The summed E-state index contributed by atoms with van der Waals surface area (Å²) < 4.78 is 24.2. The molecule has 0 aliphatic rings. The van der Waals surface area contributed by atoms with Gasteiger partial charge in [0.2, 0.25) is 0 Å². The molecule has 1 unspecified atom stereocenters. The van der Waals surface area contributed by atoms with Gasteiger partial charge in [0.25, 0.3) is 0 Å². The number of hydrogen-bond donors (Lipinski definition) is 1. The van der Waals surface area contributed by atoms with E-state index in [9.17, 15) is 4.39 Å². The summed E-state index contributed by atoms with van der Waals surface area (Å²) in [6, 6.07) is 6.99. The van der Waals surface area contributed by atoms with E-state index in [1.807, 2.05) is 19.2 Å². The Morgan fingerprint density at radius 1 is 1.20 bits per heavy atom. The van der Waals surface area contributed by atoms with Crippen LogP contribution in [0.3, 0.4) is 0 Å². The first kappa shape index (κ1) is 17.1. The number of rotatable bonds is 11. The minimum Gasteiger partial charge on any atom is -0.385 e. The molecule has 0 saturated heterocycles. The van der Waals surface area contributed by atoms with E-state index in [0.717, 1.165) is 44.6 Å². The van der Waals surface area contributed by atoms with E-state index in [1.165, 1.54) is 6.07 Å². The molecule has 1 aromatic rings. The molecule has 0 fully saturated rings. The average Bonchev–Trinajstić information content (AvgIpc) is 2.45. The number of hydrogen-bond acceptors (Lipinski definition) is 3. The van der Waals surface area contributed by atoms with Gasteiger partial charge in [0.15, 0.2) is 0 Å². The summed E-state index contributed by atoms with van der Waals surface area (Å²) in [5.74, 6) is 0.272. The molecule has 114 valence electrons. The van der Waals surface area contributed by atoms with Gasteiger partial charge in [-0.2, -0.15) is 0 Å². The molecule has 20 heavy (non-hydrogen) atoms. The second kappa shape index (κ2) is 10.8. The van der Waals surface area contributed by atoms with Gasteiger partial charge < -0.3 is 14.8 Å². The summed E-state index contributed by atoms with van der Waals surface area (Å²) in [5, 5.41) is 3.17. The summed E-state index contributed by atoms with van der Waals surface area (Å²) in [6.45, 7) is 3.04. The molecule has 0 aliphatic carbocycles. The fraction of sp³-hybridized carbons (Fsp3) is 0.625. The molecule has 1 atom stereocenters. The SMILES string of the molecule is CNCC(CCOCCCOC)Cc1ccccc1F. The predicted octanol–water partition coefficient (Wildman–Crippen LogP) is 2.65. The molecule has 1 aromatic carbocycles. The summed E-state index contributed by atoms with van der Waals surface area (Å²) in [6.07, 6.45) is 2.59. The number of ether oxygens (including phenoxy) is 2. The molecule has 0 aliphatic heterocycles. The molecule has 0 radical (unpaired) electrons. The maximum atomic E-state index is 13.7. The Hall–Kier alpha value is -0.970. The van der Waals surface area contributed by atoms with Crippen LogP contribution >= 0.6 is 0 Å². The molecule has 3 nitrogen and oxygen atoms in total. The van der Waals surface area contributed by atoms with Crippen molar-refractivity contribution in [2.24, 2.45) is 5.92 Å². The van der Waals surface area contributed by atoms with Gasteiger partial charge in [-0.05, 0) is 50.4 Å². The van der Waals surface area contributed by atoms with Crippen molar-refractivity contribution in [1.29, 1.82) is 0 Å². The van der Waals surface area contributed by atoms with Gasteiger partial charge in [-0.15, -0.1) is 0 Å². The molecule has 1 rings (SSSR count). The van der Waals surface area contributed by atoms with Crippen molar-refractivity contribution in [1.82, 2.24) is 5.32 Å². The van der Waals surface area contributed by atoms with Crippen LogP contribution < -0.4 is 5.32 Å². The third-order valence-electron chi connectivity index (χ3n) is 3.27. The lowest BCUT2D eigenvalue weighted by Gasteiger charge is -2.17. The standard InChI is InChI=1S/C16H26FNO2/c1-18-13-14(8-11-20-10-5-9-19-2)12-15-6-3-4-7-16(15)17/h3-4,6-7,14,18H,5,8-13H2,1-2H3. The topological polar surface area (TPSA) is 30.5 Å². The smallest absolute Gasteiger partial charge is 0.126 e. The molecule has 0 aromatic heterocycles. The molecular weight excluding hydrogens is 257 g/mol. The van der Waals surface area contributed by atoms with Gasteiger partial charge in [0.1, 0.15) is 5.82 Å². The van der Waals surface area contributed by atoms with Crippen LogP contribution in [0.4, 0.5) is 4.39 Å². The van der Waals surface area contributed by atoms with Gasteiger partial charge in [0, 0.05) is 26.9 Å². The Morgan fingerprint density at radius 3 is 2.70 bits per heavy atom. The van der Waals surface area contributed by atoms with Gasteiger partial charge >= 0.3 is 0 Å². The van der Waals surface area contributed by atoms with Gasteiger partial charge in [-0.25, -0.2) is 4.39 Å². The molecular formula is C16H26FNO2. The van der Waals surface area contributed by atoms with Crippen LogP contribution in [-0.2, 0) is 15.9 Å². The van der Waals surface area contributed by atoms with Crippen LogP contribution in [0.15, 0.2) is 24.3 Å². The zero-order valence-corrected chi connectivity index (χ0v) is 12.5. The quantitative estimate of drug-likeness (QED) is 0.633. The van der Waals surface area contributed by atoms with E-state index in [4.69, 9.17) is 9.47 Å². The van der Waals surface area contributed by atoms with E-state index in [0.29, 0.717) is 12.5 Å². The predicted molar refractivity (Wildman–Crippen MR) is 79.4 cm³/mol. The summed E-state index contributed by atoms with van der Waals surface area (Å²) in [5.41, 5.74) is 0.784. The van der Waals surface area contributed by atoms with Gasteiger partial charge in [0.05, 0.1) is 0 Å². The molecule has 0 saturated carbocycles. The maximum Gasteiger partial charge on any atom is 0.126 e. The lowest BCUT2D eigenvalue weighted by molar-refractivity contribution is 0.0936. The molecule has 0 amide bonds. The Bertz CT molecular complexity index is 360. The monoisotopic (exact) mass is 283 g/mol. The zero-order valence-electron chi connectivity index (χ0n) is 12.5. The fourth-order valence-corrected chi connectivity index (χ4v) is 2.20. The third-order valence-corrected chi connectivity index (χ3v) is 3.27. The zero-order chi connectivity index (χ0) is 14.6. The van der Waals surface area contributed by atoms with Crippen LogP contribution in [0.1, 0.15) is 18.4 Å². The highest BCUT2D eigenvalue weighted by atomic mass is 19.1. The highest BCUT2D eigenvalue weighted by Gasteiger charge is 2.11. The molecule has 0 spiro atoms. The minimum absolute atomic E-state index is 0.116. The fourth-order valence-electron chi connectivity index (χ4n) is 2.20. The Morgan fingerprint density at radius 2 is 2.00 bits per heavy atom. The highest BCUT2D eigenvalue weighted by molar-refractivity contribution is 5.17. The second-order valence-corrected chi connectivity index (χ2v) is 4.97. The highest BCUT2D eigenvalue weighted by Crippen LogP contribution is 2.15. The van der Waals surface area contributed by atoms with E-state index in [1.54, 1.807) is 13.2 Å². The molecule has 4 heteroatoms. The van der Waals surface area contributed by atoms with E-state index in [-0.39, 0.29) is 5.82 Å². The Balaban J connectivity index is 2.31. The third kappa shape index (κ3) is 6.98. The second-order valence-electron chi connectivity index (χ2n) is 4.97. The maximum absolute atomic E-state index is 13.7. The lowest BCUT2D eigenvalue weighted by Crippen LogP contribution is -2.22. The van der Waals surface area contributed by atoms with E-state index < -0.39 is 0 Å². The van der Waals surface area contributed by atoms with Crippen LogP contribution in [0.25, 0.3) is 0 Å².